The molecule has 0 spiro atoms. The van der Waals surface area contributed by atoms with Crippen molar-refractivity contribution in [2.75, 3.05) is 11.9 Å². The maximum Gasteiger partial charge on any atom is 0.270 e. The summed E-state index contributed by atoms with van der Waals surface area (Å²) in [7, 11) is 0. The molecule has 4 heteroatoms. The van der Waals surface area contributed by atoms with Gasteiger partial charge in [0.05, 0.1) is 0 Å². The van der Waals surface area contributed by atoms with Gasteiger partial charge in [-0.3, -0.25) is 9.78 Å². The second-order valence-corrected chi connectivity index (χ2v) is 6.04. The quantitative estimate of drug-likeness (QED) is 0.843. The Bertz CT molecular complexity index is 475. The molecule has 2 rings (SSSR count). The van der Waals surface area contributed by atoms with Gasteiger partial charge in [-0.05, 0) is 43.2 Å². The second-order valence-electron chi connectivity index (χ2n) is 6.04. The van der Waals surface area contributed by atoms with Crippen molar-refractivity contribution in [1.82, 2.24) is 10.3 Å². The molecule has 1 amide bonds. The Labute approximate surface area is 127 Å². The first-order chi connectivity index (χ1) is 10.2. The van der Waals surface area contributed by atoms with Crippen LogP contribution in [0.15, 0.2) is 18.3 Å². The van der Waals surface area contributed by atoms with Crippen LogP contribution in [0.1, 0.15) is 56.9 Å². The Kier molecular flexibility index (Phi) is 5.59. The van der Waals surface area contributed by atoms with Crippen molar-refractivity contribution in [1.29, 1.82) is 0 Å². The third kappa shape index (κ3) is 3.96. The van der Waals surface area contributed by atoms with Crippen LogP contribution in [0.4, 0.5) is 5.69 Å². The van der Waals surface area contributed by atoms with Crippen LogP contribution in [0.5, 0.6) is 0 Å². The molecule has 3 atom stereocenters. The molecule has 1 heterocycles. The third-order valence-corrected chi connectivity index (χ3v) is 4.64. The van der Waals surface area contributed by atoms with Crippen molar-refractivity contribution in [3.8, 4) is 0 Å². The number of hydrogen-bond donors (Lipinski definition) is 2. The maximum absolute atomic E-state index is 12.4. The molecule has 0 saturated heterocycles. The van der Waals surface area contributed by atoms with E-state index < -0.39 is 0 Å². The molecule has 0 aliphatic heterocycles. The zero-order chi connectivity index (χ0) is 15.2. The first-order valence-corrected chi connectivity index (χ1v) is 8.16. The summed E-state index contributed by atoms with van der Waals surface area (Å²) in [4.78, 5) is 16.6. The molecular weight excluding hydrogens is 262 g/mol. The third-order valence-electron chi connectivity index (χ3n) is 4.64. The largest absolute Gasteiger partial charge is 0.385 e. The van der Waals surface area contributed by atoms with E-state index in [-0.39, 0.29) is 11.9 Å². The van der Waals surface area contributed by atoms with Crippen molar-refractivity contribution in [3.63, 3.8) is 0 Å². The number of nitrogens with one attached hydrogen (secondary N) is 2. The number of nitrogens with zero attached hydrogens (tertiary/aromatic N) is 1. The molecule has 1 fully saturated rings. The predicted molar refractivity (Wildman–Crippen MR) is 86.5 cm³/mol. The summed E-state index contributed by atoms with van der Waals surface area (Å²) in [5, 5.41) is 6.45. The molecule has 0 aromatic carbocycles. The van der Waals surface area contributed by atoms with Crippen LogP contribution in [-0.2, 0) is 0 Å². The number of amides is 1. The summed E-state index contributed by atoms with van der Waals surface area (Å²) in [5.41, 5.74) is 1.46. The maximum atomic E-state index is 12.4. The van der Waals surface area contributed by atoms with Crippen LogP contribution < -0.4 is 10.6 Å². The molecule has 0 bridgehead atoms. The van der Waals surface area contributed by atoms with E-state index in [4.69, 9.17) is 0 Å². The number of carbonyl (C=O) groups is 1. The molecule has 1 aromatic rings. The second kappa shape index (κ2) is 7.43. The first-order valence-electron chi connectivity index (χ1n) is 8.16. The van der Waals surface area contributed by atoms with Crippen molar-refractivity contribution >= 4 is 11.6 Å². The van der Waals surface area contributed by atoms with Gasteiger partial charge < -0.3 is 10.6 Å². The molecule has 0 radical (unpaired) electrons. The van der Waals surface area contributed by atoms with Crippen LogP contribution in [-0.4, -0.2) is 23.5 Å². The molecule has 3 unspecified atom stereocenters. The minimum atomic E-state index is -0.0521. The molecule has 116 valence electrons. The van der Waals surface area contributed by atoms with Crippen molar-refractivity contribution < 1.29 is 4.79 Å². The van der Waals surface area contributed by atoms with E-state index in [9.17, 15) is 4.79 Å². The van der Waals surface area contributed by atoms with Crippen LogP contribution in [0.25, 0.3) is 0 Å². The Morgan fingerprint density at radius 3 is 2.86 bits per heavy atom. The Hall–Kier alpha value is -1.58. The molecule has 1 aliphatic carbocycles. The van der Waals surface area contributed by atoms with Gasteiger partial charge in [0.25, 0.3) is 5.91 Å². The number of anilines is 1. The monoisotopic (exact) mass is 289 g/mol. The van der Waals surface area contributed by atoms with E-state index in [1.54, 1.807) is 6.20 Å². The van der Waals surface area contributed by atoms with Gasteiger partial charge in [0.1, 0.15) is 5.69 Å². The van der Waals surface area contributed by atoms with Gasteiger partial charge in [-0.1, -0.05) is 27.2 Å². The molecule has 21 heavy (non-hydrogen) atoms. The van der Waals surface area contributed by atoms with Crippen LogP contribution >= 0.6 is 0 Å². The average molecular weight is 289 g/mol. The predicted octanol–water partition coefficient (Wildman–Crippen LogP) is 3.46. The van der Waals surface area contributed by atoms with E-state index in [1.807, 2.05) is 12.1 Å². The Balaban J connectivity index is 1.97. The summed E-state index contributed by atoms with van der Waals surface area (Å²) in [6, 6.07) is 4.02. The standard InChI is InChI=1S/C17H27N3O/c1-4-9-18-14-8-10-19-16(11-14)17(21)20-15-7-6-13(5-2)12(15)3/h8,10-13,15H,4-7,9H2,1-3H3,(H,18,19)(H,20,21). The normalized spacial score (nSPS) is 24.8. The van der Waals surface area contributed by atoms with Gasteiger partial charge in [-0.2, -0.15) is 0 Å². The molecule has 1 aromatic heterocycles. The highest BCUT2D eigenvalue weighted by atomic mass is 16.1. The topological polar surface area (TPSA) is 54.0 Å². The summed E-state index contributed by atoms with van der Waals surface area (Å²) in [6.07, 6.45) is 6.25. The van der Waals surface area contributed by atoms with E-state index in [0.717, 1.165) is 31.0 Å². The van der Waals surface area contributed by atoms with Crippen molar-refractivity contribution in [2.45, 2.75) is 52.5 Å². The minimum absolute atomic E-state index is 0.0521. The molecule has 4 nitrogen and oxygen atoms in total. The van der Waals surface area contributed by atoms with Crippen LogP contribution in [0.3, 0.4) is 0 Å². The molecular formula is C17H27N3O. The zero-order valence-corrected chi connectivity index (χ0v) is 13.4. The lowest BCUT2D eigenvalue weighted by atomic mass is 9.93. The van der Waals surface area contributed by atoms with Gasteiger partial charge in [-0.25, -0.2) is 0 Å². The fraction of sp³-hybridized carbons (Fsp3) is 0.647. The number of pyridine rings is 1. The fourth-order valence-electron chi connectivity index (χ4n) is 3.20. The van der Waals surface area contributed by atoms with Crippen molar-refractivity contribution in [3.05, 3.63) is 24.0 Å². The molecule has 2 N–H and O–H groups in total. The summed E-state index contributed by atoms with van der Waals surface area (Å²) in [5.74, 6) is 1.24. The van der Waals surface area contributed by atoms with Crippen molar-refractivity contribution in [2.24, 2.45) is 11.8 Å². The number of rotatable bonds is 6. The van der Waals surface area contributed by atoms with Gasteiger partial charge in [0, 0.05) is 24.5 Å². The Morgan fingerprint density at radius 1 is 1.38 bits per heavy atom. The van der Waals surface area contributed by atoms with Gasteiger partial charge in [-0.15, -0.1) is 0 Å². The van der Waals surface area contributed by atoms with Gasteiger partial charge in [0.2, 0.25) is 0 Å². The van der Waals surface area contributed by atoms with Crippen LogP contribution in [0.2, 0.25) is 0 Å². The number of aromatic nitrogens is 1. The Morgan fingerprint density at radius 2 is 2.19 bits per heavy atom. The molecule has 1 aliphatic rings. The fourth-order valence-corrected chi connectivity index (χ4v) is 3.20. The SMILES string of the molecule is CCCNc1ccnc(C(=O)NC2CCC(CC)C2C)c1. The average Bonchev–Trinajstić information content (AvgIpc) is 2.86. The number of hydrogen-bond acceptors (Lipinski definition) is 3. The molecule has 1 saturated carbocycles. The minimum Gasteiger partial charge on any atom is -0.385 e. The van der Waals surface area contributed by atoms with Gasteiger partial charge in [0.15, 0.2) is 0 Å². The smallest absolute Gasteiger partial charge is 0.270 e. The summed E-state index contributed by atoms with van der Waals surface area (Å²) >= 11 is 0. The zero-order valence-electron chi connectivity index (χ0n) is 13.4. The van der Waals surface area contributed by atoms with Crippen LogP contribution in [0, 0.1) is 11.8 Å². The summed E-state index contributed by atoms with van der Waals surface area (Å²) < 4.78 is 0. The summed E-state index contributed by atoms with van der Waals surface area (Å²) in [6.45, 7) is 7.50. The highest BCUT2D eigenvalue weighted by Gasteiger charge is 2.32. The lowest BCUT2D eigenvalue weighted by Gasteiger charge is -2.20. The number of carbonyl (C=O) groups excluding carboxylic acids is 1. The first kappa shape index (κ1) is 15.8. The van der Waals surface area contributed by atoms with Gasteiger partial charge >= 0.3 is 0 Å². The highest BCUT2D eigenvalue weighted by molar-refractivity contribution is 5.93. The lowest BCUT2D eigenvalue weighted by Crippen LogP contribution is -2.37. The lowest BCUT2D eigenvalue weighted by molar-refractivity contribution is 0.0921. The van der Waals surface area contributed by atoms with E-state index in [2.05, 4.69) is 36.4 Å². The van der Waals surface area contributed by atoms with E-state index >= 15 is 0 Å². The highest BCUT2D eigenvalue weighted by Crippen LogP contribution is 2.33. The van der Waals surface area contributed by atoms with E-state index in [1.165, 1.54) is 12.8 Å². The van der Waals surface area contributed by atoms with E-state index in [0.29, 0.717) is 11.6 Å².